The Labute approximate surface area is 543 Å². The van der Waals surface area contributed by atoms with E-state index in [0.29, 0.717) is 97.6 Å². The fourth-order valence-electron chi connectivity index (χ4n) is 11.4. The highest BCUT2D eigenvalue weighted by molar-refractivity contribution is 7.15. The van der Waals surface area contributed by atoms with Gasteiger partial charge in [0.2, 0.25) is 5.91 Å². The number of carboxylic acids is 1. The quantitative estimate of drug-likeness (QED) is 0.0579. The SMILES string of the molecule is Cc1sc2nc1C(=O)N[C@@H]([C@H](O)c1ccccc1)c1nc(cs1)C(=O)NC(=O)N1C[C@H](OC(=O)NCCN3CCCC3)[C@H](C)[C@H]1c1nc(cs1)-c1nc(cs1)-c1nc(-c3nc(C(=O)NC4CCC(C(=O)O)CC4)cs3)ccc1-c1nc(cs1)C(=O)N[C@H]2CC(N)=O. The van der Waals surface area contributed by atoms with Crippen LogP contribution in [0.1, 0.15) is 144 Å². The van der Waals surface area contributed by atoms with E-state index >= 15 is 0 Å². The fourth-order valence-corrected chi connectivity index (χ4v) is 16.7. The molecule has 91 heavy (non-hydrogen) atoms. The summed E-state index contributed by atoms with van der Waals surface area (Å²) in [6.45, 7) is 6.25. The number of aromatic nitrogens is 7. The van der Waals surface area contributed by atoms with E-state index in [9.17, 15) is 48.6 Å². The van der Waals surface area contributed by atoms with Gasteiger partial charge in [-0.3, -0.25) is 34.1 Å². The number of carbonyl (C=O) groups is 8. The number of pyridine rings is 1. The zero-order chi connectivity index (χ0) is 63.6. The summed E-state index contributed by atoms with van der Waals surface area (Å²) in [7, 11) is 0. The Morgan fingerprint density at radius 3 is 2.18 bits per heavy atom. The number of ether oxygens (including phenoxy) is 1. The number of alkyl carbamates (subject to hydrolysis) is 1. The Kier molecular flexibility index (Phi) is 18.8. The van der Waals surface area contributed by atoms with Crippen molar-refractivity contribution < 1.29 is 53.3 Å². The van der Waals surface area contributed by atoms with Gasteiger partial charge in [0, 0.05) is 62.4 Å². The number of hydrogen-bond acceptors (Lipinski definition) is 24. The number of urea groups is 1. The number of aliphatic hydroxyl groups is 1. The molecule has 0 radical (unpaired) electrons. The number of aliphatic carboxylic acids is 1. The van der Waals surface area contributed by atoms with Gasteiger partial charge in [0.15, 0.2) is 0 Å². The molecule has 32 heteroatoms. The van der Waals surface area contributed by atoms with Gasteiger partial charge in [0.25, 0.3) is 23.6 Å². The number of carboxylic acid groups (broad SMARTS) is 1. The molecule has 10 heterocycles. The number of aliphatic hydroxyl groups excluding tert-OH is 1. The Hall–Kier alpha value is -8.37. The van der Waals surface area contributed by atoms with Gasteiger partial charge in [-0.15, -0.1) is 68.0 Å². The molecule has 8 aromatic rings. The molecule has 1 saturated carbocycles. The third-order valence-corrected chi connectivity index (χ3v) is 21.7. The highest BCUT2D eigenvalue weighted by atomic mass is 32.1. The molecule has 26 nitrogen and oxygen atoms in total. The number of primary amides is 1. The second kappa shape index (κ2) is 27.2. The lowest BCUT2D eigenvalue weighted by molar-refractivity contribution is -0.142. The minimum Gasteiger partial charge on any atom is -0.481 e. The van der Waals surface area contributed by atoms with Gasteiger partial charge in [-0.05, 0) is 76.2 Å². The van der Waals surface area contributed by atoms with Gasteiger partial charge in [0.05, 0.1) is 36.7 Å². The van der Waals surface area contributed by atoms with Crippen molar-refractivity contribution in [1.29, 1.82) is 0 Å². The second-order valence-electron chi connectivity index (χ2n) is 22.3. The number of fused-ring (bicyclic) bond motifs is 16. The average Bonchev–Trinajstić information content (AvgIpc) is 1.68. The van der Waals surface area contributed by atoms with E-state index in [1.807, 2.05) is 6.92 Å². The van der Waals surface area contributed by atoms with Crippen molar-refractivity contribution in [2.24, 2.45) is 17.6 Å². The molecule has 7 aromatic heterocycles. The summed E-state index contributed by atoms with van der Waals surface area (Å²) in [6.07, 6.45) is 0.811. The van der Waals surface area contributed by atoms with E-state index in [-0.39, 0.29) is 45.4 Å². The largest absolute Gasteiger partial charge is 0.481 e. The normalized spacial score (nSPS) is 21.7. The van der Waals surface area contributed by atoms with Crippen molar-refractivity contribution in [2.45, 2.75) is 95.2 Å². The topological polar surface area (TPSA) is 369 Å². The van der Waals surface area contributed by atoms with Crippen LogP contribution in [0.2, 0.25) is 0 Å². The molecule has 1 aliphatic carbocycles. The molecule has 0 spiro atoms. The van der Waals surface area contributed by atoms with E-state index in [2.05, 4.69) is 46.4 Å². The maximum Gasteiger partial charge on any atom is 0.407 e. The lowest BCUT2D eigenvalue weighted by atomic mass is 9.86. The first-order chi connectivity index (χ1) is 43.9. The Bertz CT molecular complexity index is 4070. The smallest absolute Gasteiger partial charge is 0.407 e. The average molecular weight is 1350 g/mol. The van der Waals surface area contributed by atoms with Crippen molar-refractivity contribution in [2.75, 3.05) is 32.7 Å². The molecule has 6 atom stereocenters. The highest BCUT2D eigenvalue weighted by Crippen LogP contribution is 2.43. The number of amides is 8. The fraction of sp³-hybridized carbons (Fsp3) is 0.373. The van der Waals surface area contributed by atoms with E-state index in [0.717, 1.165) is 59.9 Å². The van der Waals surface area contributed by atoms with Crippen molar-refractivity contribution in [1.82, 2.24) is 71.3 Å². The van der Waals surface area contributed by atoms with Crippen molar-refractivity contribution in [3.8, 4) is 43.4 Å². The number of hydrogen-bond donors (Lipinski definition) is 8. The number of thiazole rings is 6. The van der Waals surface area contributed by atoms with Crippen LogP contribution >= 0.6 is 68.0 Å². The van der Waals surface area contributed by atoms with E-state index in [1.165, 1.54) is 49.7 Å². The Balaban J connectivity index is 0.904. The zero-order valence-corrected chi connectivity index (χ0v) is 53.6. The number of imide groups is 1. The molecule has 0 unspecified atom stereocenters. The van der Waals surface area contributed by atoms with Crippen LogP contribution in [0.4, 0.5) is 9.59 Å². The highest BCUT2D eigenvalue weighted by Gasteiger charge is 2.47. The minimum atomic E-state index is -1.42. The summed E-state index contributed by atoms with van der Waals surface area (Å²) in [5.74, 6) is -5.36. The zero-order valence-electron chi connectivity index (χ0n) is 48.7. The molecule has 3 aliphatic heterocycles. The first kappa shape index (κ1) is 62.8. The first-order valence-corrected chi connectivity index (χ1v) is 34.4. The van der Waals surface area contributed by atoms with Crippen LogP contribution in [-0.2, 0) is 14.3 Å². The molecule has 3 fully saturated rings. The van der Waals surface area contributed by atoms with Crippen LogP contribution in [0.3, 0.4) is 0 Å². The van der Waals surface area contributed by atoms with Crippen molar-refractivity contribution in [3.63, 3.8) is 0 Å². The van der Waals surface area contributed by atoms with Crippen LogP contribution in [0.25, 0.3) is 43.4 Å². The number of aryl methyl sites for hydroxylation is 1. The number of nitrogens with two attached hydrogens (primary N) is 1. The van der Waals surface area contributed by atoms with Gasteiger partial charge in [-0.25, -0.2) is 44.5 Å². The van der Waals surface area contributed by atoms with Gasteiger partial charge in [-0.1, -0.05) is 37.3 Å². The standard InChI is InChI=1S/C59H59N15O11S6/c1-27-40(85-59(84)61-16-19-73-17-6-7-18-73)21-74-45(27)56-69-39(26-90-56)53-65-35(22-87-53)43-32(14-15-33(63-43)52-67-36(24-88-52)47(77)62-31-12-10-30(11-13-31)57(81)82)51-66-37(23-86-51)48(78)64-34(20-41(60)75)54-71-42(28(2)91-54)50(80)70-44(46(76)29-8-4-3-5-9-29)55-68-38(25-89-55)49(79)72-58(74)83/h3-5,8-9,14-15,22-27,30-31,34,40,44-46,76H,6-7,10-13,16-21H2,1-2H3,(H2,60,75)(H,61,84)(H,62,77)(H,64,78)(H,70,80)(H,81,82)(H,72,79,83)/t27-,30?,31?,34-,40-,44-,45-,46+/m0/s1. The van der Waals surface area contributed by atoms with Crippen LogP contribution in [0.5, 0.6) is 0 Å². The maximum atomic E-state index is 14.6. The van der Waals surface area contributed by atoms with Gasteiger partial charge in [-0.2, -0.15) is 0 Å². The number of nitrogens with zero attached hydrogens (tertiary/aromatic N) is 9. The summed E-state index contributed by atoms with van der Waals surface area (Å²) in [5.41, 5.74) is 8.00. The molecular weight excluding hydrogens is 1290 g/mol. The Morgan fingerprint density at radius 2 is 1.41 bits per heavy atom. The lowest BCUT2D eigenvalue weighted by Gasteiger charge is -2.26. The number of rotatable bonds is 12. The number of carbonyl (C=O) groups excluding carboxylic acids is 7. The molecule has 4 aliphatic rings. The van der Waals surface area contributed by atoms with Crippen LogP contribution in [-0.4, -0.2) is 147 Å². The molecule has 9 N–H and O–H groups in total. The molecule has 12 rings (SSSR count). The van der Waals surface area contributed by atoms with Crippen molar-refractivity contribution in [3.05, 3.63) is 118 Å². The maximum absolute atomic E-state index is 14.6. The molecule has 1 aromatic carbocycles. The minimum absolute atomic E-state index is 0.0291. The Morgan fingerprint density at radius 1 is 0.725 bits per heavy atom. The van der Waals surface area contributed by atoms with E-state index in [4.69, 9.17) is 30.4 Å². The number of nitrogens with one attached hydrogen (secondary N) is 5. The predicted octanol–water partition coefficient (Wildman–Crippen LogP) is 7.77. The van der Waals surface area contributed by atoms with Crippen LogP contribution in [0.15, 0.2) is 69.4 Å². The summed E-state index contributed by atoms with van der Waals surface area (Å²) >= 11 is 6.84. The molecule has 2 saturated heterocycles. The van der Waals surface area contributed by atoms with Crippen molar-refractivity contribution >= 4 is 116 Å². The summed E-state index contributed by atoms with van der Waals surface area (Å²) in [6, 6.07) is 7.69. The van der Waals surface area contributed by atoms with Crippen LogP contribution in [0, 0.1) is 18.8 Å². The number of benzene rings is 1. The molecule has 472 valence electrons. The lowest BCUT2D eigenvalue weighted by Crippen LogP contribution is -2.43. The third-order valence-electron chi connectivity index (χ3n) is 16.2. The molecular formula is C59H59N15O11S6. The third kappa shape index (κ3) is 13.9. The second-order valence-corrected chi connectivity index (χ2v) is 27.9. The number of likely N-dealkylation sites (tertiary alicyclic amines) is 1. The van der Waals surface area contributed by atoms with Gasteiger partial charge in [0.1, 0.15) is 88.2 Å². The van der Waals surface area contributed by atoms with Crippen LogP contribution < -0.4 is 32.3 Å². The van der Waals surface area contributed by atoms with Gasteiger partial charge < -0.3 is 51.8 Å². The summed E-state index contributed by atoms with van der Waals surface area (Å²) < 4.78 is 6.02. The van der Waals surface area contributed by atoms with E-state index < -0.39 is 96.2 Å². The van der Waals surface area contributed by atoms with E-state index in [1.54, 1.807) is 65.5 Å². The molecule has 10 bridgehead atoms. The first-order valence-electron chi connectivity index (χ1n) is 29.1. The summed E-state index contributed by atoms with van der Waals surface area (Å²) in [4.78, 5) is 147. The van der Waals surface area contributed by atoms with Gasteiger partial charge >= 0.3 is 18.1 Å². The summed E-state index contributed by atoms with van der Waals surface area (Å²) in [5, 5.41) is 45.5. The molecule has 8 amide bonds. The predicted molar refractivity (Wildman–Crippen MR) is 340 cm³/mol. The monoisotopic (exact) mass is 1350 g/mol.